The summed E-state index contributed by atoms with van der Waals surface area (Å²) in [6.07, 6.45) is 0. The van der Waals surface area contributed by atoms with Crippen LogP contribution in [0.25, 0.3) is 11.0 Å². The van der Waals surface area contributed by atoms with Crippen molar-refractivity contribution in [3.8, 4) is 11.5 Å². The van der Waals surface area contributed by atoms with Crippen molar-refractivity contribution in [3.05, 3.63) is 95.1 Å². The van der Waals surface area contributed by atoms with Crippen molar-refractivity contribution in [3.63, 3.8) is 0 Å². The fourth-order valence-corrected chi connectivity index (χ4v) is 6.67. The molecule has 2 aliphatic heterocycles. The topological polar surface area (TPSA) is 25.6 Å². The number of rotatable bonds is 1. The van der Waals surface area contributed by atoms with Gasteiger partial charge in [0.1, 0.15) is 17.0 Å². The highest BCUT2D eigenvalue weighted by atomic mass is 16.5. The van der Waals surface area contributed by atoms with Gasteiger partial charge in [0.05, 0.1) is 5.39 Å². The van der Waals surface area contributed by atoms with Gasteiger partial charge in [0.25, 0.3) is 0 Å². The molecule has 0 N–H and O–H groups in total. The number of fused-ring (bicyclic) bond motifs is 6. The molecule has 3 nitrogen and oxygen atoms in total. The number of benzene rings is 4. The Labute approximate surface area is 257 Å². The zero-order valence-electron chi connectivity index (χ0n) is 27.3. The second kappa shape index (κ2) is 9.05. The normalized spacial score (nSPS) is 14.4. The molecule has 2 aliphatic rings. The Hall–Kier alpha value is -3.92. The van der Waals surface area contributed by atoms with Crippen molar-refractivity contribution >= 4 is 51.3 Å². The van der Waals surface area contributed by atoms with Gasteiger partial charge in [-0.05, 0) is 93.3 Å². The molecule has 0 atom stereocenters. The van der Waals surface area contributed by atoms with E-state index < -0.39 is 0 Å². The van der Waals surface area contributed by atoms with Crippen LogP contribution >= 0.6 is 0 Å². The van der Waals surface area contributed by atoms with Gasteiger partial charge in [-0.2, -0.15) is 0 Å². The van der Waals surface area contributed by atoms with Crippen LogP contribution < -0.4 is 26.2 Å². The third-order valence-corrected chi connectivity index (χ3v) is 9.24. The van der Waals surface area contributed by atoms with E-state index in [1.54, 1.807) is 0 Å². The second-order valence-electron chi connectivity index (χ2n) is 15.6. The third-order valence-electron chi connectivity index (χ3n) is 9.24. The van der Waals surface area contributed by atoms with Crippen LogP contribution in [0.15, 0.2) is 77.2 Å². The summed E-state index contributed by atoms with van der Waals surface area (Å²) in [7, 11) is 0. The molecule has 0 radical (unpaired) electrons. The monoisotopic (exact) mass is 567 g/mol. The van der Waals surface area contributed by atoms with Crippen LogP contribution in [0.5, 0.6) is 11.5 Å². The molecule has 0 unspecified atom stereocenters. The van der Waals surface area contributed by atoms with E-state index in [0.717, 1.165) is 39.5 Å². The zero-order valence-corrected chi connectivity index (χ0v) is 27.3. The summed E-state index contributed by atoms with van der Waals surface area (Å²) in [4.78, 5) is 2.42. The predicted octanol–water partition coefficient (Wildman–Crippen LogP) is 9.04. The molecule has 0 saturated carbocycles. The van der Waals surface area contributed by atoms with E-state index in [1.807, 2.05) is 0 Å². The summed E-state index contributed by atoms with van der Waals surface area (Å²) in [5.74, 6) is 1.77. The lowest BCUT2D eigenvalue weighted by Crippen LogP contribution is -2.59. The lowest BCUT2D eigenvalue weighted by atomic mass is 9.36. The Balaban J connectivity index is 1.52. The van der Waals surface area contributed by atoms with Gasteiger partial charge in [-0.1, -0.05) is 92.6 Å². The van der Waals surface area contributed by atoms with Gasteiger partial charge in [-0.3, -0.25) is 0 Å². The minimum atomic E-state index is -0.0674. The number of furan rings is 1. The average molecular weight is 568 g/mol. The first kappa shape index (κ1) is 27.9. The number of hydrogen-bond acceptors (Lipinski definition) is 3. The molecule has 1 aromatic heterocycles. The molecule has 3 heterocycles. The summed E-state index contributed by atoms with van der Waals surface area (Å²) in [6, 6.07) is 27.2. The quantitative estimate of drug-likeness (QED) is 0.185. The van der Waals surface area contributed by atoms with Crippen molar-refractivity contribution in [1.82, 2.24) is 0 Å². The maximum absolute atomic E-state index is 6.87. The van der Waals surface area contributed by atoms with E-state index in [1.165, 1.54) is 38.9 Å². The average Bonchev–Trinajstić information content (AvgIpc) is 3.28. The van der Waals surface area contributed by atoms with E-state index in [-0.39, 0.29) is 23.0 Å². The van der Waals surface area contributed by atoms with Gasteiger partial charge in [0.2, 0.25) is 0 Å². The van der Waals surface area contributed by atoms with Crippen molar-refractivity contribution in [2.45, 2.75) is 85.5 Å². The Morgan fingerprint density at radius 2 is 1.23 bits per heavy atom. The van der Waals surface area contributed by atoms with Gasteiger partial charge in [-0.25, -0.2) is 0 Å². The highest BCUT2D eigenvalue weighted by molar-refractivity contribution is 6.98. The van der Waals surface area contributed by atoms with Crippen molar-refractivity contribution < 1.29 is 9.15 Å². The van der Waals surface area contributed by atoms with E-state index in [4.69, 9.17) is 9.15 Å². The molecular formula is C39H42BNO2. The summed E-state index contributed by atoms with van der Waals surface area (Å²) >= 11 is 0. The van der Waals surface area contributed by atoms with E-state index in [2.05, 4.69) is 147 Å². The Morgan fingerprint density at radius 1 is 0.628 bits per heavy atom. The smallest absolute Gasteiger partial charge is 0.301 e. The SMILES string of the molecule is Cc1cc2c3c(c1)N(c1ccc(C(C)(C)C)cc1)c1ccc(C(C)(C)C)cc1B3c1oc3ccc(C(C)(C)C)cc3c1O2. The molecule has 218 valence electrons. The highest BCUT2D eigenvalue weighted by Crippen LogP contribution is 2.44. The zero-order chi connectivity index (χ0) is 30.6. The van der Waals surface area contributed by atoms with Crippen LogP contribution in [0.4, 0.5) is 17.1 Å². The number of hydrogen-bond donors (Lipinski definition) is 0. The molecule has 0 fully saturated rings. The van der Waals surface area contributed by atoms with Gasteiger partial charge >= 0.3 is 6.71 Å². The van der Waals surface area contributed by atoms with Gasteiger partial charge < -0.3 is 14.1 Å². The first-order chi connectivity index (χ1) is 20.1. The molecule has 4 heteroatoms. The third kappa shape index (κ3) is 4.41. The van der Waals surface area contributed by atoms with E-state index in [9.17, 15) is 0 Å². The van der Waals surface area contributed by atoms with Crippen LogP contribution in [-0.2, 0) is 16.2 Å². The maximum Gasteiger partial charge on any atom is 0.301 e. The Bertz CT molecular complexity index is 1910. The molecule has 0 aliphatic carbocycles. The molecule has 43 heavy (non-hydrogen) atoms. The Kier molecular flexibility index (Phi) is 5.87. The maximum atomic E-state index is 6.87. The molecule has 5 aromatic rings. The van der Waals surface area contributed by atoms with Crippen molar-refractivity contribution in [1.29, 1.82) is 0 Å². The summed E-state index contributed by atoms with van der Waals surface area (Å²) in [5.41, 5.74) is 12.9. The Morgan fingerprint density at radius 3 is 1.88 bits per heavy atom. The predicted molar refractivity (Wildman–Crippen MR) is 183 cm³/mol. The first-order valence-electron chi connectivity index (χ1n) is 15.6. The number of anilines is 3. The summed E-state index contributed by atoms with van der Waals surface area (Å²) < 4.78 is 13.6. The van der Waals surface area contributed by atoms with E-state index >= 15 is 0 Å². The van der Waals surface area contributed by atoms with Crippen LogP contribution in [0.3, 0.4) is 0 Å². The lowest BCUT2D eigenvalue weighted by Gasteiger charge is -2.39. The van der Waals surface area contributed by atoms with Crippen LogP contribution in [0.1, 0.15) is 84.6 Å². The fourth-order valence-electron chi connectivity index (χ4n) is 6.67. The lowest BCUT2D eigenvalue weighted by molar-refractivity contribution is 0.481. The fraction of sp³-hybridized carbons (Fsp3) is 0.333. The highest BCUT2D eigenvalue weighted by Gasteiger charge is 2.45. The van der Waals surface area contributed by atoms with Crippen molar-refractivity contribution in [2.24, 2.45) is 0 Å². The summed E-state index contributed by atoms with van der Waals surface area (Å²) in [5, 5.41) is 1.05. The molecule has 4 aromatic carbocycles. The molecule has 0 amide bonds. The number of aryl methyl sites for hydroxylation is 1. The molecule has 0 saturated heterocycles. The van der Waals surface area contributed by atoms with Gasteiger partial charge in [0.15, 0.2) is 5.75 Å². The number of nitrogens with zero attached hydrogens (tertiary/aromatic N) is 1. The minimum Gasteiger partial charge on any atom is -0.466 e. The number of ether oxygens (including phenoxy) is 1. The molecule has 0 bridgehead atoms. The molecule has 7 rings (SSSR count). The molecule has 0 spiro atoms. The van der Waals surface area contributed by atoms with Crippen LogP contribution in [0.2, 0.25) is 0 Å². The van der Waals surface area contributed by atoms with Crippen LogP contribution in [-0.4, -0.2) is 6.71 Å². The standard InChI is InChI=1S/C39H42BNO2/c1-23-19-31-34-33(20-23)42-35-28-21-25(38(5,6)7)14-18-32(28)43-36(35)40(34)29-22-26(39(8,9)10)13-17-30(29)41(31)27-15-11-24(12-16-27)37(2,3)4/h11-22H,1-10H3. The van der Waals surface area contributed by atoms with Gasteiger partial charge in [0, 0.05) is 22.5 Å². The summed E-state index contributed by atoms with van der Waals surface area (Å²) in [6.45, 7) is 22.5. The minimum absolute atomic E-state index is 0.00802. The first-order valence-corrected chi connectivity index (χ1v) is 15.6. The second-order valence-corrected chi connectivity index (χ2v) is 15.6. The molecular weight excluding hydrogens is 525 g/mol. The van der Waals surface area contributed by atoms with Crippen LogP contribution in [0, 0.1) is 6.92 Å². The van der Waals surface area contributed by atoms with E-state index in [0.29, 0.717) is 0 Å². The van der Waals surface area contributed by atoms with Crippen molar-refractivity contribution in [2.75, 3.05) is 4.90 Å². The van der Waals surface area contributed by atoms with Gasteiger partial charge in [-0.15, -0.1) is 0 Å². The largest absolute Gasteiger partial charge is 0.466 e.